The van der Waals surface area contributed by atoms with E-state index < -0.39 is 0 Å². The van der Waals surface area contributed by atoms with Gasteiger partial charge >= 0.3 is 0 Å². The summed E-state index contributed by atoms with van der Waals surface area (Å²) >= 11 is 0. The summed E-state index contributed by atoms with van der Waals surface area (Å²) in [5, 5.41) is 7.76. The lowest BCUT2D eigenvalue weighted by atomic mass is 10.1. The normalized spacial score (nSPS) is 15.9. The van der Waals surface area contributed by atoms with E-state index in [4.69, 9.17) is 9.84 Å². The SMILES string of the molecule is Cc1cc(C)cc(C(=O)NCC2OCCc3cn(Cc4ccccc4)nc32)c1. The average molecular weight is 375 g/mol. The molecule has 0 spiro atoms. The number of hydrogen-bond donors (Lipinski definition) is 1. The van der Waals surface area contributed by atoms with Gasteiger partial charge in [-0.15, -0.1) is 0 Å². The van der Waals surface area contributed by atoms with Gasteiger partial charge in [0, 0.05) is 18.3 Å². The molecule has 5 heteroatoms. The number of rotatable bonds is 5. The summed E-state index contributed by atoms with van der Waals surface area (Å²) < 4.78 is 7.88. The number of nitrogens with one attached hydrogen (secondary N) is 1. The van der Waals surface area contributed by atoms with Gasteiger partial charge in [-0.1, -0.05) is 47.5 Å². The van der Waals surface area contributed by atoms with Crippen LogP contribution in [0.3, 0.4) is 0 Å². The molecule has 0 radical (unpaired) electrons. The van der Waals surface area contributed by atoms with E-state index in [1.807, 2.05) is 48.9 Å². The van der Waals surface area contributed by atoms with Gasteiger partial charge in [0.1, 0.15) is 6.10 Å². The zero-order valence-corrected chi connectivity index (χ0v) is 16.3. The molecule has 2 aromatic carbocycles. The number of nitrogens with zero attached hydrogens (tertiary/aromatic N) is 2. The van der Waals surface area contributed by atoms with E-state index in [1.165, 1.54) is 11.1 Å². The maximum atomic E-state index is 12.6. The highest BCUT2D eigenvalue weighted by atomic mass is 16.5. The third kappa shape index (κ3) is 4.15. The fraction of sp³-hybridized carbons (Fsp3) is 0.304. The summed E-state index contributed by atoms with van der Waals surface area (Å²) in [5.74, 6) is -0.0776. The van der Waals surface area contributed by atoms with Gasteiger partial charge in [0.25, 0.3) is 5.91 Å². The summed E-state index contributed by atoms with van der Waals surface area (Å²) in [6, 6.07) is 16.2. The van der Waals surface area contributed by atoms with E-state index in [0.29, 0.717) is 18.7 Å². The van der Waals surface area contributed by atoms with E-state index >= 15 is 0 Å². The molecule has 3 aromatic rings. The predicted octanol–water partition coefficient (Wildman–Crippen LogP) is 3.59. The number of amides is 1. The number of carbonyl (C=O) groups is 1. The van der Waals surface area contributed by atoms with Crippen LogP contribution in [0, 0.1) is 13.8 Å². The third-order valence-electron chi connectivity index (χ3n) is 4.98. The van der Waals surface area contributed by atoms with Crippen LogP contribution in [-0.2, 0) is 17.7 Å². The van der Waals surface area contributed by atoms with Crippen LogP contribution in [-0.4, -0.2) is 28.8 Å². The first-order valence-corrected chi connectivity index (χ1v) is 9.67. The van der Waals surface area contributed by atoms with Gasteiger partial charge in [-0.2, -0.15) is 5.10 Å². The summed E-state index contributed by atoms with van der Waals surface area (Å²) in [7, 11) is 0. The topological polar surface area (TPSA) is 56.1 Å². The first-order chi connectivity index (χ1) is 13.6. The van der Waals surface area contributed by atoms with Crippen LogP contribution in [0.1, 0.15) is 44.4 Å². The Labute approximate surface area is 165 Å². The zero-order valence-electron chi connectivity index (χ0n) is 16.3. The molecular formula is C23H25N3O2. The molecule has 1 atom stereocenters. The molecule has 0 bridgehead atoms. The summed E-state index contributed by atoms with van der Waals surface area (Å²) in [5.41, 5.74) is 6.20. The van der Waals surface area contributed by atoms with Gasteiger partial charge in [0.15, 0.2) is 0 Å². The molecule has 2 heterocycles. The van der Waals surface area contributed by atoms with E-state index in [2.05, 4.69) is 29.7 Å². The van der Waals surface area contributed by atoms with Crippen LogP contribution < -0.4 is 5.32 Å². The molecule has 1 amide bonds. The lowest BCUT2D eigenvalue weighted by molar-refractivity contribution is 0.0383. The van der Waals surface area contributed by atoms with E-state index in [0.717, 1.165) is 29.8 Å². The largest absolute Gasteiger partial charge is 0.370 e. The third-order valence-corrected chi connectivity index (χ3v) is 4.98. The van der Waals surface area contributed by atoms with Gasteiger partial charge in [0.05, 0.1) is 18.8 Å². The van der Waals surface area contributed by atoms with E-state index in [9.17, 15) is 4.79 Å². The number of ether oxygens (including phenoxy) is 1. The average Bonchev–Trinajstić information content (AvgIpc) is 3.09. The van der Waals surface area contributed by atoms with Crippen LogP contribution >= 0.6 is 0 Å². The molecule has 0 aliphatic carbocycles. The highest BCUT2D eigenvalue weighted by molar-refractivity contribution is 5.94. The second kappa shape index (κ2) is 7.98. The highest BCUT2D eigenvalue weighted by Crippen LogP contribution is 2.25. The van der Waals surface area contributed by atoms with Crippen molar-refractivity contribution in [1.29, 1.82) is 0 Å². The fourth-order valence-electron chi connectivity index (χ4n) is 3.73. The van der Waals surface area contributed by atoms with Crippen molar-refractivity contribution in [1.82, 2.24) is 15.1 Å². The molecule has 4 rings (SSSR count). The van der Waals surface area contributed by atoms with Crippen molar-refractivity contribution >= 4 is 5.91 Å². The van der Waals surface area contributed by atoms with Crippen LogP contribution in [0.15, 0.2) is 54.7 Å². The number of fused-ring (bicyclic) bond motifs is 1. The second-order valence-corrected chi connectivity index (χ2v) is 7.42. The van der Waals surface area contributed by atoms with Gasteiger partial charge < -0.3 is 10.1 Å². The lowest BCUT2D eigenvalue weighted by Gasteiger charge is -2.22. The van der Waals surface area contributed by atoms with Crippen LogP contribution in [0.2, 0.25) is 0 Å². The summed E-state index contributed by atoms with van der Waals surface area (Å²) in [6.45, 7) is 5.80. The lowest BCUT2D eigenvalue weighted by Crippen LogP contribution is -2.32. The van der Waals surface area contributed by atoms with Crippen molar-refractivity contribution in [2.75, 3.05) is 13.2 Å². The van der Waals surface area contributed by atoms with Crippen molar-refractivity contribution < 1.29 is 9.53 Å². The Bertz CT molecular complexity index is 959. The molecule has 0 saturated carbocycles. The number of carbonyl (C=O) groups excluding carboxylic acids is 1. The summed E-state index contributed by atoms with van der Waals surface area (Å²) in [6.07, 6.45) is 2.74. The van der Waals surface area contributed by atoms with Gasteiger partial charge in [-0.3, -0.25) is 9.48 Å². The van der Waals surface area contributed by atoms with Gasteiger partial charge in [-0.05, 0) is 43.5 Å². The fourth-order valence-corrected chi connectivity index (χ4v) is 3.73. The van der Waals surface area contributed by atoms with Crippen LogP contribution in [0.4, 0.5) is 0 Å². The molecule has 1 unspecified atom stereocenters. The Kier molecular flexibility index (Phi) is 5.26. The molecule has 0 fully saturated rings. The Morgan fingerprint density at radius 3 is 2.68 bits per heavy atom. The number of benzene rings is 2. The standard InChI is InChI=1S/C23H25N3O2/c1-16-10-17(2)12-20(11-16)23(27)24-13-21-22-19(8-9-28-21)15-26(25-22)14-18-6-4-3-5-7-18/h3-7,10-12,15,21H,8-9,13-14H2,1-2H3,(H,24,27). The first-order valence-electron chi connectivity index (χ1n) is 9.67. The molecule has 1 aromatic heterocycles. The van der Waals surface area contributed by atoms with Crippen molar-refractivity contribution in [3.05, 3.63) is 88.2 Å². The van der Waals surface area contributed by atoms with Crippen LogP contribution in [0.25, 0.3) is 0 Å². The van der Waals surface area contributed by atoms with E-state index in [-0.39, 0.29) is 12.0 Å². The maximum absolute atomic E-state index is 12.6. The molecule has 1 aliphatic heterocycles. The van der Waals surface area contributed by atoms with Gasteiger partial charge in [0.2, 0.25) is 0 Å². The van der Waals surface area contributed by atoms with Crippen molar-refractivity contribution in [2.45, 2.75) is 32.9 Å². The minimum Gasteiger partial charge on any atom is -0.370 e. The molecule has 1 N–H and O–H groups in total. The minimum absolute atomic E-state index is 0.0776. The minimum atomic E-state index is -0.212. The Morgan fingerprint density at radius 1 is 1.18 bits per heavy atom. The van der Waals surface area contributed by atoms with E-state index in [1.54, 1.807) is 0 Å². The number of hydrogen-bond acceptors (Lipinski definition) is 3. The van der Waals surface area contributed by atoms with Crippen molar-refractivity contribution in [3.8, 4) is 0 Å². The molecular weight excluding hydrogens is 350 g/mol. The molecule has 5 nitrogen and oxygen atoms in total. The molecule has 1 aliphatic rings. The Morgan fingerprint density at radius 2 is 1.93 bits per heavy atom. The summed E-state index contributed by atoms with van der Waals surface area (Å²) in [4.78, 5) is 12.6. The first kappa shape index (κ1) is 18.4. The molecule has 28 heavy (non-hydrogen) atoms. The Balaban J connectivity index is 1.45. The highest BCUT2D eigenvalue weighted by Gasteiger charge is 2.25. The number of aromatic nitrogens is 2. The quantitative estimate of drug-likeness (QED) is 0.741. The smallest absolute Gasteiger partial charge is 0.251 e. The molecule has 144 valence electrons. The molecule has 0 saturated heterocycles. The van der Waals surface area contributed by atoms with Crippen molar-refractivity contribution in [2.24, 2.45) is 0 Å². The maximum Gasteiger partial charge on any atom is 0.251 e. The van der Waals surface area contributed by atoms with Crippen LogP contribution in [0.5, 0.6) is 0 Å². The Hall–Kier alpha value is -2.92. The predicted molar refractivity (Wildman–Crippen MR) is 108 cm³/mol. The monoisotopic (exact) mass is 375 g/mol. The number of aryl methyl sites for hydroxylation is 2. The van der Waals surface area contributed by atoms with Gasteiger partial charge in [-0.25, -0.2) is 0 Å². The zero-order chi connectivity index (χ0) is 19.5. The second-order valence-electron chi connectivity index (χ2n) is 7.42. The van der Waals surface area contributed by atoms with Crippen molar-refractivity contribution in [3.63, 3.8) is 0 Å².